The minimum absolute atomic E-state index is 0.182. The second-order valence-corrected chi connectivity index (χ2v) is 9.99. The Balaban J connectivity index is 1.66. The zero-order chi connectivity index (χ0) is 27.2. The molecule has 1 N–H and O–H groups in total. The standard InChI is InChI=1S/C29H30BrN5O3/c1-5-8-27-32-25-14-12-21(30)15-23(25)29(37)35(27)31-17-20-11-13-22(34(3)4)16-26(20)38-18-28(36)33-24-10-7-6-9-19(24)2/h6-7,9-17H,5,8,18H2,1-4H3,(H,33,36). The largest absolute Gasteiger partial charge is 0.483 e. The minimum atomic E-state index is -0.275. The first-order chi connectivity index (χ1) is 18.3. The van der Waals surface area contributed by atoms with Gasteiger partial charge in [0.15, 0.2) is 6.61 Å². The van der Waals surface area contributed by atoms with E-state index in [-0.39, 0.29) is 18.1 Å². The second-order valence-electron chi connectivity index (χ2n) is 9.07. The molecule has 9 heteroatoms. The zero-order valence-corrected chi connectivity index (χ0v) is 23.4. The fraction of sp³-hybridized carbons (Fsp3) is 0.241. The Morgan fingerprint density at radius 1 is 1.16 bits per heavy atom. The lowest BCUT2D eigenvalue weighted by molar-refractivity contribution is -0.118. The number of aryl methyl sites for hydroxylation is 2. The van der Waals surface area contributed by atoms with Gasteiger partial charge in [-0.25, -0.2) is 4.98 Å². The molecule has 0 atom stereocenters. The van der Waals surface area contributed by atoms with Crippen LogP contribution in [-0.2, 0) is 11.2 Å². The predicted octanol–water partition coefficient (Wildman–Crippen LogP) is 5.39. The summed E-state index contributed by atoms with van der Waals surface area (Å²) in [6.07, 6.45) is 2.98. The van der Waals surface area contributed by atoms with Crippen molar-refractivity contribution >= 4 is 50.3 Å². The van der Waals surface area contributed by atoms with Crippen molar-refractivity contribution in [1.82, 2.24) is 9.66 Å². The van der Waals surface area contributed by atoms with Gasteiger partial charge < -0.3 is 15.0 Å². The summed E-state index contributed by atoms with van der Waals surface area (Å²) in [5.41, 5.74) is 3.62. The molecule has 0 aliphatic heterocycles. The predicted molar refractivity (Wildman–Crippen MR) is 157 cm³/mol. The van der Waals surface area contributed by atoms with E-state index in [1.165, 1.54) is 4.68 Å². The molecular formula is C29H30BrN5O3. The third kappa shape index (κ3) is 6.28. The van der Waals surface area contributed by atoms with Crippen LogP contribution in [0.5, 0.6) is 5.75 Å². The molecule has 1 aromatic heterocycles. The van der Waals surface area contributed by atoms with Crippen molar-refractivity contribution in [2.24, 2.45) is 5.10 Å². The Hall–Kier alpha value is -3.98. The van der Waals surface area contributed by atoms with Crippen molar-refractivity contribution in [3.8, 4) is 5.75 Å². The second kappa shape index (κ2) is 12.0. The summed E-state index contributed by atoms with van der Waals surface area (Å²) in [5.74, 6) is 0.776. The Bertz CT molecular complexity index is 1560. The van der Waals surface area contributed by atoms with Gasteiger partial charge >= 0.3 is 0 Å². The number of nitrogens with zero attached hydrogens (tertiary/aromatic N) is 4. The number of para-hydroxylation sites is 1. The van der Waals surface area contributed by atoms with Crippen molar-refractivity contribution < 1.29 is 9.53 Å². The third-order valence-electron chi connectivity index (χ3n) is 5.95. The van der Waals surface area contributed by atoms with Crippen LogP contribution in [0.2, 0.25) is 0 Å². The Labute approximate surface area is 230 Å². The van der Waals surface area contributed by atoms with Crippen molar-refractivity contribution in [3.05, 3.63) is 92.4 Å². The normalized spacial score (nSPS) is 11.2. The van der Waals surface area contributed by atoms with Gasteiger partial charge in [0, 0.05) is 48.0 Å². The monoisotopic (exact) mass is 575 g/mol. The van der Waals surface area contributed by atoms with Crippen molar-refractivity contribution in [2.45, 2.75) is 26.7 Å². The van der Waals surface area contributed by atoms with Crippen LogP contribution >= 0.6 is 15.9 Å². The lowest BCUT2D eigenvalue weighted by Gasteiger charge is -2.16. The quantitative estimate of drug-likeness (QED) is 0.270. The number of nitrogens with one attached hydrogen (secondary N) is 1. The van der Waals surface area contributed by atoms with Gasteiger partial charge in [0.25, 0.3) is 11.5 Å². The average molecular weight is 576 g/mol. The maximum absolute atomic E-state index is 13.3. The summed E-state index contributed by atoms with van der Waals surface area (Å²) in [6.45, 7) is 3.78. The van der Waals surface area contributed by atoms with Crippen LogP contribution in [-0.4, -0.2) is 42.5 Å². The Kier molecular flexibility index (Phi) is 8.58. The van der Waals surface area contributed by atoms with Gasteiger partial charge in [0.1, 0.15) is 11.6 Å². The lowest BCUT2D eigenvalue weighted by Crippen LogP contribution is -2.23. The molecule has 0 saturated carbocycles. The third-order valence-corrected chi connectivity index (χ3v) is 6.45. The first-order valence-corrected chi connectivity index (χ1v) is 13.1. The summed E-state index contributed by atoms with van der Waals surface area (Å²) in [7, 11) is 3.85. The van der Waals surface area contributed by atoms with E-state index in [0.29, 0.717) is 34.5 Å². The van der Waals surface area contributed by atoms with Gasteiger partial charge in [-0.15, -0.1) is 0 Å². The molecule has 4 rings (SSSR count). The number of hydrogen-bond acceptors (Lipinski definition) is 6. The lowest BCUT2D eigenvalue weighted by atomic mass is 10.2. The molecule has 1 amide bonds. The van der Waals surface area contributed by atoms with Gasteiger partial charge in [-0.2, -0.15) is 9.78 Å². The number of carbonyl (C=O) groups excluding carboxylic acids is 1. The Morgan fingerprint density at radius 3 is 2.68 bits per heavy atom. The van der Waals surface area contributed by atoms with Crippen LogP contribution < -0.4 is 20.5 Å². The van der Waals surface area contributed by atoms with Gasteiger partial charge in [-0.05, 0) is 55.3 Å². The summed E-state index contributed by atoms with van der Waals surface area (Å²) in [6, 6.07) is 18.6. The molecule has 4 aromatic rings. The molecule has 0 unspecified atom stereocenters. The van der Waals surface area contributed by atoms with Gasteiger partial charge in [-0.3, -0.25) is 9.59 Å². The molecule has 196 valence electrons. The highest BCUT2D eigenvalue weighted by atomic mass is 79.9. The van der Waals surface area contributed by atoms with Gasteiger partial charge in [0.2, 0.25) is 0 Å². The fourth-order valence-corrected chi connectivity index (χ4v) is 4.26. The average Bonchev–Trinajstić information content (AvgIpc) is 2.89. The van der Waals surface area contributed by atoms with E-state index in [1.54, 1.807) is 12.3 Å². The molecule has 38 heavy (non-hydrogen) atoms. The molecule has 8 nitrogen and oxygen atoms in total. The Morgan fingerprint density at radius 2 is 1.95 bits per heavy atom. The number of hydrogen-bond donors (Lipinski definition) is 1. The smallest absolute Gasteiger partial charge is 0.282 e. The number of carbonyl (C=O) groups is 1. The van der Waals surface area contributed by atoms with E-state index >= 15 is 0 Å². The van der Waals surface area contributed by atoms with E-state index in [9.17, 15) is 9.59 Å². The molecule has 0 aliphatic carbocycles. The minimum Gasteiger partial charge on any atom is -0.483 e. The maximum Gasteiger partial charge on any atom is 0.282 e. The van der Waals surface area contributed by atoms with Crippen molar-refractivity contribution in [3.63, 3.8) is 0 Å². The van der Waals surface area contributed by atoms with E-state index < -0.39 is 0 Å². The number of benzene rings is 3. The van der Waals surface area contributed by atoms with Gasteiger partial charge in [-0.1, -0.05) is 41.1 Å². The molecule has 0 spiro atoms. The number of rotatable bonds is 9. The van der Waals surface area contributed by atoms with Crippen LogP contribution in [0.15, 0.2) is 75.0 Å². The topological polar surface area (TPSA) is 88.8 Å². The maximum atomic E-state index is 13.3. The number of anilines is 2. The first-order valence-electron chi connectivity index (χ1n) is 12.3. The zero-order valence-electron chi connectivity index (χ0n) is 21.9. The number of ether oxygens (including phenoxy) is 1. The highest BCUT2D eigenvalue weighted by Crippen LogP contribution is 2.24. The molecule has 1 heterocycles. The molecule has 0 fully saturated rings. The summed E-state index contributed by atoms with van der Waals surface area (Å²) >= 11 is 3.43. The van der Waals surface area contributed by atoms with Crippen LogP contribution in [0.4, 0.5) is 11.4 Å². The number of aromatic nitrogens is 2. The summed E-state index contributed by atoms with van der Waals surface area (Å²) in [5, 5.41) is 7.88. The molecule has 3 aromatic carbocycles. The van der Waals surface area contributed by atoms with Crippen molar-refractivity contribution in [2.75, 3.05) is 30.9 Å². The number of fused-ring (bicyclic) bond motifs is 1. The van der Waals surface area contributed by atoms with Crippen LogP contribution in [0.1, 0.15) is 30.3 Å². The van der Waals surface area contributed by atoms with E-state index in [1.807, 2.05) is 87.4 Å². The highest BCUT2D eigenvalue weighted by molar-refractivity contribution is 9.10. The van der Waals surface area contributed by atoms with Crippen LogP contribution in [0.25, 0.3) is 10.9 Å². The van der Waals surface area contributed by atoms with E-state index in [0.717, 1.165) is 27.8 Å². The van der Waals surface area contributed by atoms with E-state index in [4.69, 9.17) is 4.74 Å². The summed E-state index contributed by atoms with van der Waals surface area (Å²) in [4.78, 5) is 32.6. The first kappa shape index (κ1) is 27.1. The molecule has 0 radical (unpaired) electrons. The summed E-state index contributed by atoms with van der Waals surface area (Å²) < 4.78 is 8.08. The molecular weight excluding hydrogens is 546 g/mol. The highest BCUT2D eigenvalue weighted by Gasteiger charge is 2.13. The number of amides is 1. The number of halogens is 1. The van der Waals surface area contributed by atoms with Crippen LogP contribution in [0, 0.1) is 6.92 Å². The van der Waals surface area contributed by atoms with Gasteiger partial charge in [0.05, 0.1) is 17.1 Å². The molecule has 0 aliphatic rings. The van der Waals surface area contributed by atoms with E-state index in [2.05, 4.69) is 31.3 Å². The fourth-order valence-electron chi connectivity index (χ4n) is 3.89. The van der Waals surface area contributed by atoms with Crippen LogP contribution in [0.3, 0.4) is 0 Å². The molecule has 0 bridgehead atoms. The van der Waals surface area contributed by atoms with Crippen molar-refractivity contribution in [1.29, 1.82) is 0 Å². The SMILES string of the molecule is CCCc1nc2ccc(Br)cc2c(=O)n1N=Cc1ccc(N(C)C)cc1OCC(=O)Nc1ccccc1C. The molecule has 0 saturated heterocycles.